The van der Waals surface area contributed by atoms with Gasteiger partial charge in [0, 0.05) is 50.4 Å². The maximum Gasteiger partial charge on any atom is 0.410 e. The molecule has 1 fully saturated rings. The standard InChI is InChI=1S/C40H55ClN6O4/c1-7-50-36(48)10-8-17-45(26-30-12-14-33(24-30)47-21-16-34-37(42-6)43-27-44-38(34)47)18-9-19-46(39(49)51-40(3,4)5)20-15-29-11-13-31-22-28(2)35(41)25-32(31)23-29/h11,13,16,21-23,25,27,30,33H,7-10,12,14-15,17-20,24,26H2,1-6H3,(H,42,43,44). The van der Waals surface area contributed by atoms with Gasteiger partial charge in [-0.3, -0.25) is 4.79 Å². The van der Waals surface area contributed by atoms with E-state index in [4.69, 9.17) is 21.1 Å². The number of esters is 1. The normalized spacial score (nSPS) is 16.2. The van der Waals surface area contributed by atoms with Gasteiger partial charge in [0.15, 0.2) is 0 Å². The van der Waals surface area contributed by atoms with E-state index >= 15 is 0 Å². The van der Waals surface area contributed by atoms with E-state index in [1.54, 1.807) is 6.33 Å². The van der Waals surface area contributed by atoms with Crippen molar-refractivity contribution >= 4 is 51.3 Å². The molecule has 51 heavy (non-hydrogen) atoms. The minimum absolute atomic E-state index is 0.150. The third kappa shape index (κ3) is 10.6. The van der Waals surface area contributed by atoms with Gasteiger partial charge in [-0.25, -0.2) is 14.8 Å². The number of fused-ring (bicyclic) bond motifs is 2. The minimum Gasteiger partial charge on any atom is -0.466 e. The predicted molar refractivity (Wildman–Crippen MR) is 206 cm³/mol. The molecule has 0 spiro atoms. The van der Waals surface area contributed by atoms with Crippen LogP contribution in [0.2, 0.25) is 5.02 Å². The number of rotatable bonds is 16. The minimum atomic E-state index is -0.587. The zero-order valence-corrected chi connectivity index (χ0v) is 32.0. The van der Waals surface area contributed by atoms with Crippen LogP contribution in [0.25, 0.3) is 21.8 Å². The number of aryl methyl sites for hydroxylation is 1. The highest BCUT2D eigenvalue weighted by molar-refractivity contribution is 6.32. The average Bonchev–Trinajstić information content (AvgIpc) is 3.73. The van der Waals surface area contributed by atoms with Crippen molar-refractivity contribution in [3.05, 3.63) is 65.1 Å². The lowest BCUT2D eigenvalue weighted by atomic mass is 10.0. The zero-order valence-electron chi connectivity index (χ0n) is 31.2. The van der Waals surface area contributed by atoms with Crippen LogP contribution in [-0.2, 0) is 20.7 Å². The summed E-state index contributed by atoms with van der Waals surface area (Å²) in [5, 5.41) is 7.22. The Hall–Kier alpha value is -3.89. The van der Waals surface area contributed by atoms with Gasteiger partial charge in [-0.2, -0.15) is 0 Å². The van der Waals surface area contributed by atoms with Crippen LogP contribution < -0.4 is 5.32 Å². The number of benzene rings is 2. The number of halogens is 1. The van der Waals surface area contributed by atoms with Crippen LogP contribution >= 0.6 is 11.6 Å². The molecule has 0 aliphatic heterocycles. The Morgan fingerprint density at radius 1 is 1.02 bits per heavy atom. The van der Waals surface area contributed by atoms with E-state index in [0.29, 0.717) is 44.5 Å². The quantitative estimate of drug-likeness (QED) is 0.115. The third-order valence-electron chi connectivity index (χ3n) is 9.74. The molecule has 1 aliphatic carbocycles. The van der Waals surface area contributed by atoms with Gasteiger partial charge in [-0.1, -0.05) is 29.8 Å². The van der Waals surface area contributed by atoms with E-state index in [1.807, 2.05) is 52.6 Å². The van der Waals surface area contributed by atoms with Crippen LogP contribution in [0.1, 0.15) is 83.4 Å². The number of anilines is 1. The van der Waals surface area contributed by atoms with E-state index < -0.39 is 5.60 Å². The molecule has 2 unspecified atom stereocenters. The molecule has 5 rings (SSSR count). The second-order valence-electron chi connectivity index (χ2n) is 14.8. The Balaban J connectivity index is 1.23. The number of nitrogens with one attached hydrogen (secondary N) is 1. The SMILES string of the molecule is CCOC(=O)CCCN(CCCN(CCc1ccc2cc(C)c(Cl)cc2c1)C(=O)OC(C)(C)C)CC1CCC(n2ccc3c(NC)ncnc32)C1. The second kappa shape index (κ2) is 17.6. The fraction of sp³-hybridized carbons (Fsp3) is 0.550. The molecule has 1 aliphatic rings. The van der Waals surface area contributed by atoms with Gasteiger partial charge in [0.25, 0.3) is 0 Å². The first-order valence-electron chi connectivity index (χ1n) is 18.5. The molecule has 2 atom stereocenters. The van der Waals surface area contributed by atoms with Gasteiger partial charge in [0.2, 0.25) is 0 Å². The molecule has 2 heterocycles. The Bertz CT molecular complexity index is 1790. The van der Waals surface area contributed by atoms with E-state index in [-0.39, 0.29) is 12.1 Å². The topological polar surface area (TPSA) is 102 Å². The number of aromatic nitrogens is 3. The van der Waals surface area contributed by atoms with E-state index in [0.717, 1.165) is 95.5 Å². The molecule has 276 valence electrons. The summed E-state index contributed by atoms with van der Waals surface area (Å²) >= 11 is 6.43. The Morgan fingerprint density at radius 2 is 1.82 bits per heavy atom. The van der Waals surface area contributed by atoms with Crippen LogP contribution in [0.4, 0.5) is 10.6 Å². The molecule has 11 heteroatoms. The van der Waals surface area contributed by atoms with Crippen molar-refractivity contribution in [3.63, 3.8) is 0 Å². The highest BCUT2D eigenvalue weighted by Crippen LogP contribution is 2.37. The highest BCUT2D eigenvalue weighted by Gasteiger charge is 2.29. The fourth-order valence-electron chi connectivity index (χ4n) is 7.23. The highest BCUT2D eigenvalue weighted by atomic mass is 35.5. The fourth-order valence-corrected chi connectivity index (χ4v) is 7.40. The van der Waals surface area contributed by atoms with Crippen molar-refractivity contribution < 1.29 is 19.1 Å². The molecule has 1 amide bonds. The number of hydrogen-bond donors (Lipinski definition) is 1. The molecule has 0 radical (unpaired) electrons. The monoisotopic (exact) mass is 718 g/mol. The summed E-state index contributed by atoms with van der Waals surface area (Å²) < 4.78 is 13.4. The van der Waals surface area contributed by atoms with Crippen molar-refractivity contribution in [3.8, 4) is 0 Å². The van der Waals surface area contributed by atoms with Gasteiger partial charge in [-0.05, 0) is 132 Å². The lowest BCUT2D eigenvalue weighted by Gasteiger charge is -2.29. The van der Waals surface area contributed by atoms with Crippen LogP contribution in [-0.4, -0.2) is 88.4 Å². The summed E-state index contributed by atoms with van der Waals surface area (Å²) in [6.45, 7) is 13.7. The molecule has 2 aromatic carbocycles. The molecule has 0 saturated heterocycles. The van der Waals surface area contributed by atoms with E-state index in [9.17, 15) is 9.59 Å². The van der Waals surface area contributed by atoms with E-state index in [1.165, 1.54) is 0 Å². The maximum absolute atomic E-state index is 13.4. The van der Waals surface area contributed by atoms with Crippen LogP contribution in [0, 0.1) is 12.8 Å². The third-order valence-corrected chi connectivity index (χ3v) is 10.1. The number of nitrogens with zero attached hydrogens (tertiary/aromatic N) is 5. The number of ether oxygens (including phenoxy) is 2. The summed E-state index contributed by atoms with van der Waals surface area (Å²) in [4.78, 5) is 38.9. The molecule has 4 aromatic rings. The largest absolute Gasteiger partial charge is 0.466 e. The first-order valence-corrected chi connectivity index (χ1v) is 18.9. The number of carbonyl (C=O) groups excluding carboxylic acids is 2. The zero-order chi connectivity index (χ0) is 36.5. The van der Waals surface area contributed by atoms with Gasteiger partial charge in [0.05, 0.1) is 12.0 Å². The van der Waals surface area contributed by atoms with Gasteiger partial charge in [-0.15, -0.1) is 0 Å². The van der Waals surface area contributed by atoms with Crippen molar-refractivity contribution in [2.24, 2.45) is 5.92 Å². The first kappa shape index (κ1) is 38.3. The Labute approximate surface area is 307 Å². The van der Waals surface area contributed by atoms with Crippen LogP contribution in [0.15, 0.2) is 48.9 Å². The number of amides is 1. The smallest absolute Gasteiger partial charge is 0.410 e. The molecular weight excluding hydrogens is 664 g/mol. The summed E-state index contributed by atoms with van der Waals surface area (Å²) in [7, 11) is 1.89. The molecule has 0 bridgehead atoms. The van der Waals surface area contributed by atoms with Gasteiger partial charge >= 0.3 is 12.1 Å². The van der Waals surface area contributed by atoms with Gasteiger partial charge < -0.3 is 29.2 Å². The van der Waals surface area contributed by atoms with Crippen LogP contribution in [0.5, 0.6) is 0 Å². The van der Waals surface area contributed by atoms with Crippen molar-refractivity contribution in [1.29, 1.82) is 0 Å². The lowest BCUT2D eigenvalue weighted by molar-refractivity contribution is -0.143. The van der Waals surface area contributed by atoms with Crippen molar-refractivity contribution in [2.45, 2.75) is 91.2 Å². The molecule has 1 N–H and O–H groups in total. The van der Waals surface area contributed by atoms with E-state index in [2.05, 4.69) is 61.3 Å². The van der Waals surface area contributed by atoms with Gasteiger partial charge in [0.1, 0.15) is 23.4 Å². The predicted octanol–water partition coefficient (Wildman–Crippen LogP) is 8.44. The van der Waals surface area contributed by atoms with Crippen molar-refractivity contribution in [1.82, 2.24) is 24.3 Å². The summed E-state index contributed by atoms with van der Waals surface area (Å²) in [6, 6.07) is 13.0. The summed E-state index contributed by atoms with van der Waals surface area (Å²) in [6.07, 6.45) is 9.42. The average molecular weight is 719 g/mol. The maximum atomic E-state index is 13.4. The second-order valence-corrected chi connectivity index (χ2v) is 15.2. The lowest BCUT2D eigenvalue weighted by Crippen LogP contribution is -2.40. The molecule has 10 nitrogen and oxygen atoms in total. The Kier molecular flexibility index (Phi) is 13.2. The molecular formula is C40H55ClN6O4. The molecule has 1 saturated carbocycles. The number of carbonyl (C=O) groups is 2. The first-order chi connectivity index (χ1) is 24.4. The summed E-state index contributed by atoms with van der Waals surface area (Å²) in [5.74, 6) is 1.22. The molecule has 2 aromatic heterocycles. The van der Waals surface area contributed by atoms with Crippen molar-refractivity contribution in [2.75, 3.05) is 51.7 Å². The summed E-state index contributed by atoms with van der Waals surface area (Å²) in [5.41, 5.74) is 2.59. The van der Waals surface area contributed by atoms with Crippen LogP contribution in [0.3, 0.4) is 0 Å². The Morgan fingerprint density at radius 3 is 2.59 bits per heavy atom. The number of hydrogen-bond acceptors (Lipinski definition) is 8.